The molecule has 15 heavy (non-hydrogen) atoms. The minimum absolute atomic E-state index is 0.701. The highest BCUT2D eigenvalue weighted by Gasteiger charge is 2.60. The van der Waals surface area contributed by atoms with Gasteiger partial charge in [0, 0.05) is 13.1 Å². The molecular formula is C14H33N. The van der Waals surface area contributed by atoms with E-state index in [9.17, 15) is 0 Å². The van der Waals surface area contributed by atoms with E-state index in [1.807, 2.05) is 41.5 Å². The summed E-state index contributed by atoms with van der Waals surface area (Å²) in [6, 6.07) is 0. The third kappa shape index (κ3) is 4.14. The van der Waals surface area contributed by atoms with E-state index in [4.69, 9.17) is 0 Å². The normalized spacial score (nSPS) is 29.4. The fourth-order valence-corrected chi connectivity index (χ4v) is 2.33. The molecule has 1 saturated carbocycles. The van der Waals surface area contributed by atoms with Gasteiger partial charge in [0.1, 0.15) is 0 Å². The van der Waals surface area contributed by atoms with Crippen LogP contribution in [0.25, 0.3) is 0 Å². The minimum atomic E-state index is 0.701. The molecule has 0 N–H and O–H groups in total. The van der Waals surface area contributed by atoms with Crippen LogP contribution in [0.5, 0.6) is 0 Å². The lowest BCUT2D eigenvalue weighted by Crippen LogP contribution is -2.21. The quantitative estimate of drug-likeness (QED) is 0.583. The van der Waals surface area contributed by atoms with Crippen LogP contribution in [-0.4, -0.2) is 25.0 Å². The van der Waals surface area contributed by atoms with E-state index in [2.05, 4.69) is 25.8 Å². The highest BCUT2D eigenvalue weighted by atomic mass is 15.2. The molecule has 0 aromatic carbocycles. The number of likely N-dealkylation sites (tertiary alicyclic amines) is 1. The summed E-state index contributed by atoms with van der Waals surface area (Å²) in [7, 11) is 2.22. The number of rotatable bonds is 0. The number of piperidine rings is 1. The van der Waals surface area contributed by atoms with Crippen molar-refractivity contribution in [3.05, 3.63) is 0 Å². The van der Waals surface area contributed by atoms with Crippen molar-refractivity contribution in [1.82, 2.24) is 4.90 Å². The van der Waals surface area contributed by atoms with Crippen molar-refractivity contribution in [3.63, 3.8) is 0 Å². The van der Waals surface area contributed by atoms with Crippen molar-refractivity contribution in [2.75, 3.05) is 20.1 Å². The molecule has 0 spiro atoms. The van der Waals surface area contributed by atoms with Crippen molar-refractivity contribution in [3.8, 4) is 0 Å². The van der Waals surface area contributed by atoms with Crippen LogP contribution >= 0.6 is 0 Å². The molecule has 1 aliphatic carbocycles. The van der Waals surface area contributed by atoms with Crippen LogP contribution in [0.4, 0.5) is 0 Å². The summed E-state index contributed by atoms with van der Waals surface area (Å²) in [5, 5.41) is 0. The van der Waals surface area contributed by atoms with Gasteiger partial charge in [0.05, 0.1) is 0 Å². The van der Waals surface area contributed by atoms with Crippen LogP contribution in [0.15, 0.2) is 0 Å². The zero-order valence-corrected chi connectivity index (χ0v) is 12.5. The first-order chi connectivity index (χ1) is 7.12. The average Bonchev–Trinajstić information content (AvgIpc) is 2.66. The van der Waals surface area contributed by atoms with Crippen LogP contribution in [0.2, 0.25) is 0 Å². The summed E-state index contributed by atoms with van der Waals surface area (Å²) in [6.45, 7) is 19.5. The fourth-order valence-electron chi connectivity index (χ4n) is 2.33. The highest BCUT2D eigenvalue weighted by molar-refractivity contribution is 5.10. The molecule has 0 unspecified atom stereocenters. The summed E-state index contributed by atoms with van der Waals surface area (Å²) < 4.78 is 0. The number of hydrogen-bond donors (Lipinski definition) is 0. The van der Waals surface area contributed by atoms with Gasteiger partial charge in [-0.15, -0.1) is 0 Å². The Balaban J connectivity index is 0. The number of hydrogen-bond acceptors (Lipinski definition) is 1. The Morgan fingerprint density at radius 3 is 1.27 bits per heavy atom. The second kappa shape index (κ2) is 8.15. The number of nitrogens with zero attached hydrogens (tertiary/aromatic N) is 1. The SMILES string of the molecule is CC.CC.CC.CN1C[C@@H]2[C@H](C1)C2(C)C. The van der Waals surface area contributed by atoms with E-state index in [-0.39, 0.29) is 0 Å². The molecule has 1 aliphatic heterocycles. The summed E-state index contributed by atoms with van der Waals surface area (Å²) in [5.74, 6) is 2.06. The van der Waals surface area contributed by atoms with E-state index in [1.54, 1.807) is 0 Å². The Kier molecular flexibility index (Phi) is 9.43. The van der Waals surface area contributed by atoms with E-state index in [0.717, 1.165) is 11.8 Å². The van der Waals surface area contributed by atoms with Crippen LogP contribution in [0.1, 0.15) is 55.4 Å². The molecule has 0 amide bonds. The van der Waals surface area contributed by atoms with Crippen molar-refractivity contribution in [2.45, 2.75) is 55.4 Å². The monoisotopic (exact) mass is 215 g/mol. The highest BCUT2D eigenvalue weighted by Crippen LogP contribution is 2.61. The van der Waals surface area contributed by atoms with Gasteiger partial charge in [-0.05, 0) is 24.3 Å². The molecule has 2 rings (SSSR count). The minimum Gasteiger partial charge on any atom is -0.306 e. The molecule has 0 aromatic rings. The Bertz CT molecular complexity index is 126. The third-order valence-corrected chi connectivity index (χ3v) is 3.30. The van der Waals surface area contributed by atoms with E-state index < -0.39 is 0 Å². The van der Waals surface area contributed by atoms with Crippen LogP contribution < -0.4 is 0 Å². The average molecular weight is 215 g/mol. The smallest absolute Gasteiger partial charge is 0.00153 e. The van der Waals surface area contributed by atoms with Gasteiger partial charge in [-0.1, -0.05) is 55.4 Å². The lowest BCUT2D eigenvalue weighted by Gasteiger charge is -2.15. The van der Waals surface area contributed by atoms with Gasteiger partial charge in [-0.3, -0.25) is 0 Å². The fraction of sp³-hybridized carbons (Fsp3) is 1.00. The molecule has 94 valence electrons. The summed E-state index contributed by atoms with van der Waals surface area (Å²) in [5.41, 5.74) is 0.701. The largest absolute Gasteiger partial charge is 0.306 e. The lowest BCUT2D eigenvalue weighted by molar-refractivity contribution is 0.306. The van der Waals surface area contributed by atoms with Crippen LogP contribution in [-0.2, 0) is 0 Å². The summed E-state index contributed by atoms with van der Waals surface area (Å²) >= 11 is 0. The molecule has 2 aliphatic rings. The molecule has 2 fully saturated rings. The van der Waals surface area contributed by atoms with Crippen LogP contribution in [0, 0.1) is 17.3 Å². The Morgan fingerprint density at radius 1 is 0.800 bits per heavy atom. The topological polar surface area (TPSA) is 3.24 Å². The maximum absolute atomic E-state index is 2.45. The first-order valence-electron chi connectivity index (χ1n) is 6.81. The lowest BCUT2D eigenvalue weighted by atomic mass is 10.1. The first-order valence-corrected chi connectivity index (χ1v) is 6.81. The maximum Gasteiger partial charge on any atom is 0.00153 e. The molecule has 1 nitrogen and oxygen atoms in total. The van der Waals surface area contributed by atoms with Gasteiger partial charge in [-0.25, -0.2) is 0 Å². The Labute approximate surface area is 98.2 Å². The summed E-state index contributed by atoms with van der Waals surface area (Å²) in [6.07, 6.45) is 0. The first kappa shape index (κ1) is 17.4. The summed E-state index contributed by atoms with van der Waals surface area (Å²) in [4.78, 5) is 2.45. The number of fused-ring (bicyclic) bond motifs is 1. The third-order valence-electron chi connectivity index (χ3n) is 3.30. The molecule has 0 aromatic heterocycles. The molecule has 0 radical (unpaired) electrons. The van der Waals surface area contributed by atoms with Gasteiger partial charge in [0.15, 0.2) is 0 Å². The zero-order valence-electron chi connectivity index (χ0n) is 12.5. The van der Waals surface area contributed by atoms with Gasteiger partial charge >= 0.3 is 0 Å². The maximum atomic E-state index is 2.45. The van der Waals surface area contributed by atoms with Gasteiger partial charge < -0.3 is 4.90 Å². The van der Waals surface area contributed by atoms with Crippen molar-refractivity contribution in [2.24, 2.45) is 17.3 Å². The molecule has 1 heterocycles. The molecule has 1 heteroatoms. The zero-order chi connectivity index (χ0) is 12.6. The molecule has 0 bridgehead atoms. The molecular weight excluding hydrogens is 182 g/mol. The van der Waals surface area contributed by atoms with E-state index in [0.29, 0.717) is 5.41 Å². The predicted molar refractivity (Wildman–Crippen MR) is 72.3 cm³/mol. The Morgan fingerprint density at radius 2 is 1.07 bits per heavy atom. The van der Waals surface area contributed by atoms with Crippen molar-refractivity contribution >= 4 is 0 Å². The van der Waals surface area contributed by atoms with Crippen molar-refractivity contribution < 1.29 is 0 Å². The Hall–Kier alpha value is -0.0400. The van der Waals surface area contributed by atoms with Crippen LogP contribution in [0.3, 0.4) is 0 Å². The molecule has 2 atom stereocenters. The van der Waals surface area contributed by atoms with Gasteiger partial charge in [0.2, 0.25) is 0 Å². The standard InChI is InChI=1S/C8H15N.3C2H6/c1-8(2)6-4-9(3)5-7(6)8;3*1-2/h6-7H,4-5H2,1-3H3;3*1-2H3/t6-,7+;;;. The predicted octanol–water partition coefficient (Wildman–Crippen LogP) is 4.28. The molecule has 1 saturated heterocycles. The second-order valence-corrected chi connectivity index (χ2v) is 4.26. The second-order valence-electron chi connectivity index (χ2n) is 4.26. The van der Waals surface area contributed by atoms with Gasteiger partial charge in [-0.2, -0.15) is 0 Å². The van der Waals surface area contributed by atoms with Gasteiger partial charge in [0.25, 0.3) is 0 Å². The van der Waals surface area contributed by atoms with E-state index >= 15 is 0 Å². The van der Waals surface area contributed by atoms with Crippen molar-refractivity contribution in [1.29, 1.82) is 0 Å². The van der Waals surface area contributed by atoms with E-state index in [1.165, 1.54) is 13.1 Å².